The molecule has 2 aromatic carbocycles. The predicted octanol–water partition coefficient (Wildman–Crippen LogP) is 2.30. The maximum atomic E-state index is 12.6. The van der Waals surface area contributed by atoms with Crippen LogP contribution in [-0.4, -0.2) is 140 Å². The summed E-state index contributed by atoms with van der Waals surface area (Å²) in [6.07, 6.45) is 0.620. The Morgan fingerprint density at radius 2 is 1.75 bits per heavy atom. The molecule has 4 aromatic rings. The number of phenols is 2. The van der Waals surface area contributed by atoms with Crippen LogP contribution in [0.2, 0.25) is 0 Å². The number of thioether (sulfide) groups is 2. The SMILES string of the molecule is CCN(CC)CC(=O)Nc1c(C)cccc1C.CNC[C@H](O)c1ccc(O)c(O)c1.Cc1nnc(SCC2=C(C(=O)O)N3C(=O)[C@@H](NC(=O)Cn4cnnn4)[C@H]3SC2)s1. The molecule has 0 saturated carbocycles. The molecule has 19 nitrogen and oxygen atoms in total. The van der Waals surface area contributed by atoms with Gasteiger partial charge in [-0.3, -0.25) is 24.2 Å². The summed E-state index contributed by atoms with van der Waals surface area (Å²) in [7, 11) is 1.73. The van der Waals surface area contributed by atoms with Gasteiger partial charge < -0.3 is 36.4 Å². The Bertz CT molecular complexity index is 2080. The van der Waals surface area contributed by atoms with Crippen LogP contribution in [0.15, 0.2) is 58.3 Å². The lowest BCUT2D eigenvalue weighted by Gasteiger charge is -2.49. The number of fused-ring (bicyclic) bond motifs is 1. The molecule has 2 aliphatic heterocycles. The van der Waals surface area contributed by atoms with Crippen LogP contribution in [0, 0.1) is 20.8 Å². The number of aliphatic hydroxyl groups is 1. The van der Waals surface area contributed by atoms with E-state index < -0.39 is 35.3 Å². The van der Waals surface area contributed by atoms with Crippen molar-refractivity contribution in [3.8, 4) is 11.5 Å². The first-order chi connectivity index (χ1) is 28.2. The predicted molar refractivity (Wildman–Crippen MR) is 224 cm³/mol. The minimum absolute atomic E-state index is 0.0153. The van der Waals surface area contributed by atoms with E-state index in [2.05, 4.69) is 60.4 Å². The van der Waals surface area contributed by atoms with E-state index in [4.69, 9.17) is 10.2 Å². The van der Waals surface area contributed by atoms with E-state index in [-0.39, 0.29) is 29.6 Å². The van der Waals surface area contributed by atoms with E-state index in [0.717, 1.165) is 39.3 Å². The van der Waals surface area contributed by atoms with E-state index in [1.807, 2.05) is 39.0 Å². The fraction of sp³-hybridized carbons (Fsp3) is 0.432. The number of para-hydroxylation sites is 1. The second-order valence-corrected chi connectivity index (χ2v) is 16.7. The largest absolute Gasteiger partial charge is 0.504 e. The van der Waals surface area contributed by atoms with Gasteiger partial charge in [-0.2, -0.15) is 0 Å². The highest BCUT2D eigenvalue weighted by molar-refractivity contribution is 8.01. The molecule has 6 rings (SSSR count). The first-order valence-corrected chi connectivity index (χ1v) is 21.3. The number of amides is 3. The number of tetrazole rings is 1. The van der Waals surface area contributed by atoms with Gasteiger partial charge in [-0.15, -0.1) is 27.1 Å². The van der Waals surface area contributed by atoms with Crippen LogP contribution >= 0.6 is 34.9 Å². The molecule has 3 amide bonds. The average molecular weight is 872 g/mol. The molecular weight excluding hydrogens is 823 g/mol. The standard InChI is InChI=1S/C14H14N8O4S3.C14H22N2O.C9H13NO3/c1-6-17-18-14(29-6)28-4-7-3-27-12-9(11(24)22(12)10(7)13(25)26)16-8(23)2-21-5-15-19-20-21;1-5-16(6-2)10-13(17)15-14-11(3)8-7-9-12(14)4;1-10-5-9(13)6-2-3-7(11)8(12)4-6/h5,9,12H,2-4H2,1H3,(H,16,23)(H,25,26);7-9H,5-6,10H2,1-4H3,(H,15,17);2-4,9-13H,5H2,1H3/t9-,12-;;9-/m1.0/s1. The van der Waals surface area contributed by atoms with E-state index in [1.54, 1.807) is 13.1 Å². The van der Waals surface area contributed by atoms with Gasteiger partial charge in [0.05, 0.1) is 12.6 Å². The van der Waals surface area contributed by atoms with Crippen LogP contribution in [0.4, 0.5) is 5.69 Å². The lowest BCUT2D eigenvalue weighted by molar-refractivity contribution is -0.150. The summed E-state index contributed by atoms with van der Waals surface area (Å²) in [5.41, 5.74) is 4.37. The topological polar surface area (TPSA) is 261 Å². The number of carboxylic acid groups (broad SMARTS) is 1. The van der Waals surface area contributed by atoms with Crippen molar-refractivity contribution in [2.45, 2.75) is 63.0 Å². The minimum Gasteiger partial charge on any atom is -0.504 e. The number of nitrogens with one attached hydrogen (secondary N) is 3. The molecule has 0 spiro atoms. The number of likely N-dealkylation sites (N-methyl/N-ethyl adjacent to an activating group) is 2. The highest BCUT2D eigenvalue weighted by Gasteiger charge is 2.54. The second-order valence-electron chi connectivity index (χ2n) is 13.2. The molecule has 7 N–H and O–H groups in total. The normalized spacial score (nSPS) is 16.2. The van der Waals surface area contributed by atoms with Crippen LogP contribution < -0.4 is 16.0 Å². The molecule has 0 bridgehead atoms. The molecule has 1 saturated heterocycles. The van der Waals surface area contributed by atoms with Crippen LogP contribution in [0.25, 0.3) is 0 Å². The van der Waals surface area contributed by atoms with Gasteiger partial charge in [0.1, 0.15) is 35.0 Å². The van der Waals surface area contributed by atoms with Crippen molar-refractivity contribution in [2.75, 3.05) is 50.0 Å². The number of β-lactam (4-membered cyclic amide) rings is 1. The van der Waals surface area contributed by atoms with Gasteiger partial charge in [0, 0.05) is 23.7 Å². The molecule has 2 aromatic heterocycles. The molecule has 0 aliphatic carbocycles. The zero-order valence-electron chi connectivity index (χ0n) is 33.4. The number of aromatic hydroxyl groups is 2. The Morgan fingerprint density at radius 3 is 2.32 bits per heavy atom. The number of hydrogen-bond donors (Lipinski definition) is 7. The minimum atomic E-state index is -1.16. The van der Waals surface area contributed by atoms with Gasteiger partial charge in [-0.25, -0.2) is 9.48 Å². The number of aliphatic hydroxyl groups excluding tert-OH is 1. The zero-order valence-corrected chi connectivity index (χ0v) is 35.9. The maximum Gasteiger partial charge on any atom is 0.352 e. The van der Waals surface area contributed by atoms with Gasteiger partial charge in [-0.1, -0.05) is 61.2 Å². The monoisotopic (exact) mass is 871 g/mol. The molecule has 0 radical (unpaired) electrons. The van der Waals surface area contributed by atoms with Gasteiger partial charge in [-0.05, 0) is 85.7 Å². The third-order valence-electron chi connectivity index (χ3n) is 8.93. The van der Waals surface area contributed by atoms with E-state index >= 15 is 0 Å². The van der Waals surface area contributed by atoms with Gasteiger partial charge >= 0.3 is 5.97 Å². The average Bonchev–Trinajstić information content (AvgIpc) is 3.89. The number of aliphatic carboxylic acids is 1. The number of carbonyl (C=O) groups is 4. The second kappa shape index (κ2) is 22.3. The lowest BCUT2D eigenvalue weighted by atomic mass is 10.0. The molecule has 2 aliphatic rings. The maximum absolute atomic E-state index is 12.6. The number of benzene rings is 2. The Labute approximate surface area is 353 Å². The van der Waals surface area contributed by atoms with E-state index in [9.17, 15) is 29.4 Å². The molecule has 59 heavy (non-hydrogen) atoms. The van der Waals surface area contributed by atoms with Gasteiger partial charge in [0.25, 0.3) is 5.91 Å². The van der Waals surface area contributed by atoms with Gasteiger partial charge in [0.15, 0.2) is 15.8 Å². The van der Waals surface area contributed by atoms with Crippen molar-refractivity contribution in [3.05, 3.63) is 75.7 Å². The Balaban J connectivity index is 0.000000218. The third-order valence-corrected chi connectivity index (χ3v) is 12.3. The Hall–Kier alpha value is -5.13. The highest BCUT2D eigenvalue weighted by Crippen LogP contribution is 2.41. The summed E-state index contributed by atoms with van der Waals surface area (Å²) in [6.45, 7) is 12.5. The summed E-state index contributed by atoms with van der Waals surface area (Å²) in [5.74, 6) is -1.52. The number of rotatable bonds is 15. The van der Waals surface area contributed by atoms with Crippen LogP contribution in [0.3, 0.4) is 0 Å². The molecular formula is C37H49N11O8S3. The summed E-state index contributed by atoms with van der Waals surface area (Å²) < 4.78 is 1.98. The number of nitrogens with zero attached hydrogens (tertiary/aromatic N) is 8. The van der Waals surface area contributed by atoms with Gasteiger partial charge in [0.2, 0.25) is 11.8 Å². The van der Waals surface area contributed by atoms with Crippen molar-refractivity contribution in [3.63, 3.8) is 0 Å². The van der Waals surface area contributed by atoms with Crippen LogP contribution in [-0.2, 0) is 25.7 Å². The summed E-state index contributed by atoms with van der Waals surface area (Å²) in [6, 6.07) is 9.52. The zero-order chi connectivity index (χ0) is 43.2. The van der Waals surface area contributed by atoms with E-state index in [0.29, 0.717) is 35.7 Å². The van der Waals surface area contributed by atoms with Crippen molar-refractivity contribution in [1.29, 1.82) is 0 Å². The Morgan fingerprint density at radius 1 is 1.03 bits per heavy atom. The Kier molecular flexibility index (Phi) is 17.6. The fourth-order valence-electron chi connectivity index (χ4n) is 5.80. The van der Waals surface area contributed by atoms with Crippen molar-refractivity contribution >= 4 is 64.2 Å². The van der Waals surface area contributed by atoms with Crippen molar-refractivity contribution < 1.29 is 39.6 Å². The smallest absolute Gasteiger partial charge is 0.352 e. The molecule has 3 atom stereocenters. The molecule has 318 valence electrons. The number of carbonyl (C=O) groups excluding carboxylic acids is 3. The fourth-order valence-corrected chi connectivity index (χ4v) is 9.10. The van der Waals surface area contributed by atoms with Crippen molar-refractivity contribution in [1.82, 2.24) is 50.8 Å². The summed E-state index contributed by atoms with van der Waals surface area (Å²) in [4.78, 5) is 51.8. The first-order valence-electron chi connectivity index (χ1n) is 18.4. The number of phenolic OH excluding ortho intramolecular Hbond substituents is 2. The summed E-state index contributed by atoms with van der Waals surface area (Å²) in [5, 5.41) is 64.6. The van der Waals surface area contributed by atoms with Crippen LogP contribution in [0.5, 0.6) is 11.5 Å². The number of carboxylic acids is 1. The highest BCUT2D eigenvalue weighted by atomic mass is 32.2. The first kappa shape index (κ1) is 46.6. The quantitative estimate of drug-likeness (QED) is 0.0514. The van der Waals surface area contributed by atoms with E-state index in [1.165, 1.54) is 62.9 Å². The lowest BCUT2D eigenvalue weighted by Crippen LogP contribution is -2.70. The molecule has 4 heterocycles. The molecule has 0 unspecified atom stereocenters. The summed E-state index contributed by atoms with van der Waals surface area (Å²) >= 11 is 4.24. The molecule has 1 fully saturated rings. The van der Waals surface area contributed by atoms with Crippen molar-refractivity contribution in [2.24, 2.45) is 0 Å². The third kappa shape index (κ3) is 12.9. The van der Waals surface area contributed by atoms with Crippen LogP contribution in [0.1, 0.15) is 41.6 Å². The molecule has 22 heteroatoms. The number of aryl methyl sites for hydroxylation is 3. The number of aromatic nitrogens is 6. The number of anilines is 1. The number of hydrogen-bond acceptors (Lipinski definition) is 17.